The van der Waals surface area contributed by atoms with Crippen LogP contribution in [0.1, 0.15) is 28.3 Å². The quantitative estimate of drug-likeness (QED) is 0.372. The average molecular weight is 432 g/mol. The SMILES string of the molecule is COc1ccc(F)cc1/C(O)=C1\C(=O)C(=O)N(Cc2ccncc2)C1c1ccccc1C. The number of likely N-dealkylation sites (tertiary alicyclic amines) is 1. The fraction of sp³-hybridized carbons (Fsp3) is 0.160. The Morgan fingerprint density at radius 3 is 2.53 bits per heavy atom. The summed E-state index contributed by atoms with van der Waals surface area (Å²) < 4.78 is 19.2. The highest BCUT2D eigenvalue weighted by atomic mass is 19.1. The van der Waals surface area contributed by atoms with Gasteiger partial charge in [0.2, 0.25) is 0 Å². The van der Waals surface area contributed by atoms with Gasteiger partial charge in [-0.1, -0.05) is 24.3 Å². The number of aryl methyl sites for hydroxylation is 1. The maximum atomic E-state index is 14.0. The number of methoxy groups -OCH3 is 1. The van der Waals surface area contributed by atoms with Gasteiger partial charge in [0.05, 0.1) is 24.3 Å². The third kappa shape index (κ3) is 3.73. The number of aliphatic hydroxyl groups is 1. The Morgan fingerprint density at radius 2 is 1.84 bits per heavy atom. The molecule has 0 aliphatic carbocycles. The van der Waals surface area contributed by atoms with Gasteiger partial charge in [-0.25, -0.2) is 4.39 Å². The number of aromatic nitrogens is 1. The van der Waals surface area contributed by atoms with Crippen molar-refractivity contribution in [3.8, 4) is 5.75 Å². The topological polar surface area (TPSA) is 79.7 Å². The number of hydrogen-bond acceptors (Lipinski definition) is 5. The highest BCUT2D eigenvalue weighted by Crippen LogP contribution is 2.42. The third-order valence-corrected chi connectivity index (χ3v) is 5.54. The zero-order chi connectivity index (χ0) is 22.8. The number of ether oxygens (including phenoxy) is 1. The maximum Gasteiger partial charge on any atom is 0.295 e. The molecule has 1 aliphatic rings. The van der Waals surface area contributed by atoms with Crippen LogP contribution >= 0.6 is 0 Å². The van der Waals surface area contributed by atoms with Crippen LogP contribution in [0, 0.1) is 12.7 Å². The molecule has 6 nitrogen and oxygen atoms in total. The van der Waals surface area contributed by atoms with Crippen LogP contribution in [0.2, 0.25) is 0 Å². The summed E-state index contributed by atoms with van der Waals surface area (Å²) in [5.41, 5.74) is 2.22. The van der Waals surface area contributed by atoms with Crippen molar-refractivity contribution in [2.24, 2.45) is 0 Å². The second kappa shape index (κ2) is 8.63. The first kappa shape index (κ1) is 21.2. The Kier molecular flexibility index (Phi) is 5.73. The number of nitrogens with zero attached hydrogens (tertiary/aromatic N) is 2. The molecule has 0 saturated carbocycles. The molecule has 0 bridgehead atoms. The van der Waals surface area contributed by atoms with Crippen molar-refractivity contribution in [3.05, 3.63) is 101 Å². The van der Waals surface area contributed by atoms with Crippen LogP contribution in [-0.4, -0.2) is 33.8 Å². The monoisotopic (exact) mass is 432 g/mol. The van der Waals surface area contributed by atoms with Crippen LogP contribution in [0.4, 0.5) is 4.39 Å². The largest absolute Gasteiger partial charge is 0.507 e. The highest BCUT2D eigenvalue weighted by molar-refractivity contribution is 6.46. The van der Waals surface area contributed by atoms with Crippen LogP contribution in [0.5, 0.6) is 5.75 Å². The molecule has 7 heteroatoms. The van der Waals surface area contributed by atoms with Gasteiger partial charge in [0.25, 0.3) is 11.7 Å². The van der Waals surface area contributed by atoms with Crippen LogP contribution in [0.15, 0.2) is 72.6 Å². The lowest BCUT2D eigenvalue weighted by molar-refractivity contribution is -0.140. The van der Waals surface area contributed by atoms with E-state index in [4.69, 9.17) is 4.74 Å². The zero-order valence-electron chi connectivity index (χ0n) is 17.6. The van der Waals surface area contributed by atoms with Crippen LogP contribution < -0.4 is 4.74 Å². The molecule has 1 aromatic heterocycles. The minimum atomic E-state index is -0.850. The molecule has 1 unspecified atom stereocenters. The Labute approximate surface area is 184 Å². The molecule has 0 radical (unpaired) electrons. The molecular weight excluding hydrogens is 411 g/mol. The molecule has 32 heavy (non-hydrogen) atoms. The average Bonchev–Trinajstić information content (AvgIpc) is 3.04. The molecule has 1 aliphatic heterocycles. The number of carbonyl (C=O) groups excluding carboxylic acids is 2. The molecule has 162 valence electrons. The lowest BCUT2D eigenvalue weighted by atomic mass is 9.92. The Hall–Kier alpha value is -4.00. The van der Waals surface area contributed by atoms with E-state index in [0.29, 0.717) is 5.56 Å². The lowest BCUT2D eigenvalue weighted by Crippen LogP contribution is -2.29. The normalized spacial score (nSPS) is 17.6. The fourth-order valence-corrected chi connectivity index (χ4v) is 3.96. The minimum absolute atomic E-state index is 0.00740. The molecule has 1 amide bonds. The van der Waals surface area contributed by atoms with Crippen molar-refractivity contribution in [2.75, 3.05) is 7.11 Å². The van der Waals surface area contributed by atoms with Crippen molar-refractivity contribution < 1.29 is 23.8 Å². The van der Waals surface area contributed by atoms with E-state index in [0.717, 1.165) is 17.2 Å². The smallest absolute Gasteiger partial charge is 0.295 e. The summed E-state index contributed by atoms with van der Waals surface area (Å²) in [4.78, 5) is 31.6. The van der Waals surface area contributed by atoms with Gasteiger partial charge in [-0.05, 0) is 53.9 Å². The summed E-state index contributed by atoms with van der Waals surface area (Å²) in [6.07, 6.45) is 3.21. The van der Waals surface area contributed by atoms with Crippen molar-refractivity contribution in [1.29, 1.82) is 0 Å². The van der Waals surface area contributed by atoms with E-state index in [2.05, 4.69) is 4.98 Å². The maximum absolute atomic E-state index is 14.0. The predicted molar refractivity (Wildman–Crippen MR) is 116 cm³/mol. The number of hydrogen-bond donors (Lipinski definition) is 1. The molecule has 0 spiro atoms. The molecule has 1 atom stereocenters. The summed E-state index contributed by atoms with van der Waals surface area (Å²) in [6.45, 7) is 2.01. The summed E-state index contributed by atoms with van der Waals surface area (Å²) in [7, 11) is 1.38. The first-order valence-corrected chi connectivity index (χ1v) is 9.99. The second-order valence-corrected chi connectivity index (χ2v) is 7.48. The molecule has 1 fully saturated rings. The summed E-state index contributed by atoms with van der Waals surface area (Å²) >= 11 is 0. The number of Topliss-reactive ketones (excluding diaryl/α,β-unsaturated/α-hetero) is 1. The molecule has 3 aromatic rings. The number of ketones is 1. The van der Waals surface area contributed by atoms with E-state index < -0.39 is 29.3 Å². The Balaban J connectivity index is 1.93. The van der Waals surface area contributed by atoms with Gasteiger partial charge in [0.1, 0.15) is 17.3 Å². The van der Waals surface area contributed by atoms with Gasteiger partial charge in [-0.15, -0.1) is 0 Å². The Morgan fingerprint density at radius 1 is 1.12 bits per heavy atom. The van der Waals surface area contributed by atoms with Crippen molar-refractivity contribution in [3.63, 3.8) is 0 Å². The molecule has 2 aromatic carbocycles. The van der Waals surface area contributed by atoms with Gasteiger partial charge >= 0.3 is 0 Å². The van der Waals surface area contributed by atoms with Gasteiger partial charge in [-0.3, -0.25) is 14.6 Å². The molecule has 1 saturated heterocycles. The number of rotatable bonds is 5. The van der Waals surface area contributed by atoms with E-state index in [9.17, 15) is 19.1 Å². The highest BCUT2D eigenvalue weighted by Gasteiger charge is 2.46. The fourth-order valence-electron chi connectivity index (χ4n) is 3.96. The predicted octanol–water partition coefficient (Wildman–Crippen LogP) is 4.16. The number of pyridine rings is 1. The van der Waals surface area contributed by atoms with E-state index in [-0.39, 0.29) is 23.4 Å². The van der Waals surface area contributed by atoms with E-state index in [1.165, 1.54) is 24.1 Å². The minimum Gasteiger partial charge on any atom is -0.507 e. The van der Waals surface area contributed by atoms with Crippen molar-refractivity contribution in [2.45, 2.75) is 19.5 Å². The molecule has 1 N–H and O–H groups in total. The molecular formula is C25H21FN2O4. The van der Waals surface area contributed by atoms with E-state index >= 15 is 0 Å². The van der Waals surface area contributed by atoms with Crippen molar-refractivity contribution in [1.82, 2.24) is 9.88 Å². The standard InChI is InChI=1S/C25H21FN2O4/c1-15-5-3-4-6-18(15)22-21(23(29)19-13-17(26)7-8-20(19)32-2)24(30)25(31)28(22)14-16-9-11-27-12-10-16/h3-13,22,29H,14H2,1-2H3/b23-21+. The second-order valence-electron chi connectivity index (χ2n) is 7.48. The lowest BCUT2D eigenvalue weighted by Gasteiger charge is -2.26. The number of aliphatic hydroxyl groups excluding tert-OH is 1. The number of halogens is 1. The van der Waals surface area contributed by atoms with Gasteiger partial charge in [0.15, 0.2) is 0 Å². The van der Waals surface area contributed by atoms with Gasteiger partial charge < -0.3 is 14.7 Å². The summed E-state index contributed by atoms with van der Waals surface area (Å²) in [6, 6.07) is 13.6. The molecule has 4 rings (SSSR count). The van der Waals surface area contributed by atoms with Crippen molar-refractivity contribution >= 4 is 17.4 Å². The van der Waals surface area contributed by atoms with Gasteiger partial charge in [0, 0.05) is 18.9 Å². The first-order valence-electron chi connectivity index (χ1n) is 9.99. The number of amides is 1. The Bertz CT molecular complexity index is 1220. The third-order valence-electron chi connectivity index (χ3n) is 5.54. The van der Waals surface area contributed by atoms with Crippen LogP contribution in [0.3, 0.4) is 0 Å². The van der Waals surface area contributed by atoms with Crippen LogP contribution in [0.25, 0.3) is 5.76 Å². The molecule has 2 heterocycles. The van der Waals surface area contributed by atoms with E-state index in [1.807, 2.05) is 25.1 Å². The first-order chi connectivity index (χ1) is 15.4. The number of benzene rings is 2. The van der Waals surface area contributed by atoms with E-state index in [1.54, 1.807) is 30.6 Å². The van der Waals surface area contributed by atoms with Crippen LogP contribution in [-0.2, 0) is 16.1 Å². The number of carbonyl (C=O) groups is 2. The summed E-state index contributed by atoms with van der Waals surface area (Å²) in [5, 5.41) is 11.2. The zero-order valence-corrected chi connectivity index (χ0v) is 17.6. The van der Waals surface area contributed by atoms with Gasteiger partial charge in [-0.2, -0.15) is 0 Å². The summed E-state index contributed by atoms with van der Waals surface area (Å²) in [5.74, 6) is -2.48.